The summed E-state index contributed by atoms with van der Waals surface area (Å²) in [6.45, 7) is 5.97. The molecule has 0 bridgehead atoms. The van der Waals surface area contributed by atoms with E-state index >= 15 is 0 Å². The Morgan fingerprint density at radius 1 is 1.14 bits per heavy atom. The Bertz CT molecular complexity index is 1630. The third kappa shape index (κ3) is 4.44. The lowest BCUT2D eigenvalue weighted by Crippen LogP contribution is -2.09. The van der Waals surface area contributed by atoms with E-state index in [9.17, 15) is 14.7 Å². The fourth-order valence-electron chi connectivity index (χ4n) is 4.87. The van der Waals surface area contributed by atoms with Gasteiger partial charge in [0, 0.05) is 28.0 Å². The van der Waals surface area contributed by atoms with Gasteiger partial charge in [0.1, 0.15) is 5.58 Å². The highest BCUT2D eigenvalue weighted by Crippen LogP contribution is 2.37. The standard InChI is InChI=1S/C30H27NO4S/c1-17-13-23(18(2)7-6-9-20-8-4-5-10-22(20)30(33)34)29-24(14-17)27(32)19(3)28(35-29)26-15-21-16-31-12-11-25(21)36-26/h4-5,8,10-16,18H,6-7,9H2,1-3H3,(H,33,34). The van der Waals surface area contributed by atoms with Crippen molar-refractivity contribution in [3.05, 3.63) is 99.0 Å². The Morgan fingerprint density at radius 2 is 1.94 bits per heavy atom. The van der Waals surface area contributed by atoms with Crippen LogP contribution < -0.4 is 5.43 Å². The quantitative estimate of drug-likeness (QED) is 0.252. The van der Waals surface area contributed by atoms with Crippen LogP contribution in [-0.2, 0) is 6.42 Å². The van der Waals surface area contributed by atoms with Gasteiger partial charge in [-0.1, -0.05) is 31.2 Å². The molecule has 0 spiro atoms. The zero-order valence-corrected chi connectivity index (χ0v) is 21.3. The number of hydrogen-bond donors (Lipinski definition) is 1. The number of benzene rings is 2. The van der Waals surface area contributed by atoms with Crippen molar-refractivity contribution in [1.82, 2.24) is 4.98 Å². The van der Waals surface area contributed by atoms with Crippen molar-refractivity contribution in [1.29, 1.82) is 0 Å². The molecule has 0 amide bonds. The molecule has 0 saturated carbocycles. The smallest absolute Gasteiger partial charge is 0.335 e. The molecule has 5 rings (SSSR count). The average molecular weight is 498 g/mol. The second-order valence-corrected chi connectivity index (χ2v) is 10.5. The average Bonchev–Trinajstić information content (AvgIpc) is 3.30. The van der Waals surface area contributed by atoms with E-state index in [4.69, 9.17) is 4.42 Å². The van der Waals surface area contributed by atoms with Gasteiger partial charge in [0.05, 0.1) is 15.8 Å². The minimum atomic E-state index is -0.898. The predicted molar refractivity (Wildman–Crippen MR) is 145 cm³/mol. The van der Waals surface area contributed by atoms with Crippen LogP contribution >= 0.6 is 11.3 Å². The third-order valence-electron chi connectivity index (χ3n) is 6.79. The number of aromatic carboxylic acids is 1. The lowest BCUT2D eigenvalue weighted by atomic mass is 9.90. The Kier molecular flexibility index (Phi) is 6.46. The van der Waals surface area contributed by atoms with Crippen LogP contribution in [0, 0.1) is 13.8 Å². The minimum absolute atomic E-state index is 0.00522. The summed E-state index contributed by atoms with van der Waals surface area (Å²) in [6.07, 6.45) is 5.94. The van der Waals surface area contributed by atoms with Crippen LogP contribution in [0.2, 0.25) is 0 Å². The summed E-state index contributed by atoms with van der Waals surface area (Å²) < 4.78 is 7.62. The molecule has 0 aliphatic heterocycles. The van der Waals surface area contributed by atoms with Crippen molar-refractivity contribution in [2.45, 2.75) is 46.0 Å². The summed E-state index contributed by atoms with van der Waals surface area (Å²) in [5.41, 5.74) is 4.47. The fraction of sp³-hybridized carbons (Fsp3) is 0.233. The van der Waals surface area contributed by atoms with Crippen molar-refractivity contribution >= 4 is 38.4 Å². The molecule has 182 valence electrons. The number of hydrogen-bond acceptors (Lipinski definition) is 5. The number of pyridine rings is 1. The van der Waals surface area contributed by atoms with Crippen LogP contribution in [0.15, 0.2) is 70.1 Å². The van der Waals surface area contributed by atoms with Gasteiger partial charge in [0.15, 0.2) is 11.2 Å². The lowest BCUT2D eigenvalue weighted by molar-refractivity contribution is 0.0695. The Hall–Kier alpha value is -3.77. The Morgan fingerprint density at radius 3 is 2.72 bits per heavy atom. The molecular weight excluding hydrogens is 470 g/mol. The van der Waals surface area contributed by atoms with Crippen molar-refractivity contribution in [2.75, 3.05) is 0 Å². The van der Waals surface area contributed by atoms with Gasteiger partial charge >= 0.3 is 5.97 Å². The van der Waals surface area contributed by atoms with E-state index in [2.05, 4.69) is 18.0 Å². The van der Waals surface area contributed by atoms with Crippen LogP contribution in [0.1, 0.15) is 58.3 Å². The van der Waals surface area contributed by atoms with E-state index in [1.807, 2.05) is 50.4 Å². The molecule has 5 aromatic rings. The highest BCUT2D eigenvalue weighted by molar-refractivity contribution is 7.22. The Labute approximate surface area is 213 Å². The van der Waals surface area contributed by atoms with E-state index in [-0.39, 0.29) is 11.3 Å². The summed E-state index contributed by atoms with van der Waals surface area (Å²) in [5.74, 6) is -0.152. The van der Waals surface area contributed by atoms with Crippen LogP contribution in [-0.4, -0.2) is 16.1 Å². The number of aryl methyl sites for hydroxylation is 2. The summed E-state index contributed by atoms with van der Waals surface area (Å²) in [4.78, 5) is 30.1. The predicted octanol–water partition coefficient (Wildman–Crippen LogP) is 7.51. The van der Waals surface area contributed by atoms with Gasteiger partial charge in [-0.2, -0.15) is 0 Å². The highest BCUT2D eigenvalue weighted by Gasteiger charge is 2.20. The summed E-state index contributed by atoms with van der Waals surface area (Å²) in [5, 5.41) is 11.1. The van der Waals surface area contributed by atoms with Crippen molar-refractivity contribution in [3.8, 4) is 10.6 Å². The van der Waals surface area contributed by atoms with Crippen molar-refractivity contribution < 1.29 is 14.3 Å². The summed E-state index contributed by atoms with van der Waals surface area (Å²) in [6, 6.07) is 15.2. The number of carbonyl (C=O) groups is 1. The molecule has 1 atom stereocenters. The third-order valence-corrected chi connectivity index (χ3v) is 7.91. The van der Waals surface area contributed by atoms with E-state index in [1.165, 1.54) is 0 Å². The molecule has 0 aliphatic carbocycles. The normalized spacial score (nSPS) is 12.3. The summed E-state index contributed by atoms with van der Waals surface area (Å²) >= 11 is 1.59. The molecule has 0 saturated heterocycles. The molecule has 2 aromatic carbocycles. The first kappa shape index (κ1) is 23.9. The van der Waals surface area contributed by atoms with Crippen LogP contribution in [0.5, 0.6) is 0 Å². The first-order chi connectivity index (χ1) is 17.3. The van der Waals surface area contributed by atoms with Crippen LogP contribution in [0.25, 0.3) is 31.7 Å². The summed E-state index contributed by atoms with van der Waals surface area (Å²) in [7, 11) is 0. The zero-order chi connectivity index (χ0) is 25.4. The van der Waals surface area contributed by atoms with E-state index in [1.54, 1.807) is 29.7 Å². The van der Waals surface area contributed by atoms with Gasteiger partial charge in [0.2, 0.25) is 0 Å². The fourth-order valence-corrected chi connectivity index (χ4v) is 5.93. The van der Waals surface area contributed by atoms with Crippen LogP contribution in [0.3, 0.4) is 0 Å². The first-order valence-electron chi connectivity index (χ1n) is 12.1. The molecule has 5 nitrogen and oxygen atoms in total. The SMILES string of the molecule is Cc1cc(C(C)CCCc2ccccc2C(=O)O)c2oc(-c3cc4cnccc4s3)c(C)c(=O)c2c1. The minimum Gasteiger partial charge on any atom is -0.478 e. The topological polar surface area (TPSA) is 80.4 Å². The van der Waals surface area contributed by atoms with Gasteiger partial charge in [-0.25, -0.2) is 4.79 Å². The van der Waals surface area contributed by atoms with E-state index in [0.29, 0.717) is 34.3 Å². The maximum absolute atomic E-state index is 13.4. The van der Waals surface area contributed by atoms with Crippen LogP contribution in [0.4, 0.5) is 0 Å². The number of rotatable bonds is 7. The van der Waals surface area contributed by atoms with Gasteiger partial charge in [-0.15, -0.1) is 11.3 Å². The number of thiophene rings is 1. The molecule has 0 radical (unpaired) electrons. The van der Waals surface area contributed by atoms with E-state index in [0.717, 1.165) is 44.5 Å². The van der Waals surface area contributed by atoms with E-state index < -0.39 is 5.97 Å². The number of nitrogens with zero attached hydrogens (tertiary/aromatic N) is 1. The largest absolute Gasteiger partial charge is 0.478 e. The monoisotopic (exact) mass is 497 g/mol. The lowest BCUT2D eigenvalue weighted by Gasteiger charge is -2.16. The molecule has 1 unspecified atom stereocenters. The molecular formula is C30H27NO4S. The number of carboxylic acids is 1. The van der Waals surface area contributed by atoms with Crippen molar-refractivity contribution in [2.24, 2.45) is 0 Å². The highest BCUT2D eigenvalue weighted by atomic mass is 32.1. The van der Waals surface area contributed by atoms with Gasteiger partial charge in [0.25, 0.3) is 0 Å². The molecule has 3 heterocycles. The van der Waals surface area contributed by atoms with Gasteiger partial charge in [-0.05, 0) is 80.0 Å². The van der Waals surface area contributed by atoms with Crippen molar-refractivity contribution in [3.63, 3.8) is 0 Å². The maximum atomic E-state index is 13.4. The van der Waals surface area contributed by atoms with Gasteiger partial charge in [-0.3, -0.25) is 9.78 Å². The molecule has 36 heavy (non-hydrogen) atoms. The van der Waals surface area contributed by atoms with Gasteiger partial charge < -0.3 is 9.52 Å². The number of fused-ring (bicyclic) bond motifs is 2. The number of carboxylic acid groups (broad SMARTS) is 1. The molecule has 0 aliphatic rings. The second kappa shape index (κ2) is 9.70. The molecule has 3 aromatic heterocycles. The zero-order valence-electron chi connectivity index (χ0n) is 20.5. The molecule has 1 N–H and O–H groups in total. The first-order valence-corrected chi connectivity index (χ1v) is 12.9. The number of aromatic nitrogens is 1. The molecule has 0 fully saturated rings. The maximum Gasteiger partial charge on any atom is 0.335 e. The Balaban J connectivity index is 1.51. The molecule has 6 heteroatoms. The second-order valence-electron chi connectivity index (χ2n) is 9.40.